The summed E-state index contributed by atoms with van der Waals surface area (Å²) in [5.74, 6) is 0.958. The van der Waals surface area contributed by atoms with Gasteiger partial charge in [0.15, 0.2) is 0 Å². The Morgan fingerprint density at radius 2 is 2.06 bits per heavy atom. The topological polar surface area (TPSA) is 41.1 Å². The van der Waals surface area contributed by atoms with Crippen LogP contribution in [0.3, 0.4) is 0 Å². The van der Waals surface area contributed by atoms with Gasteiger partial charge in [0.1, 0.15) is 0 Å². The second-order valence-corrected chi connectivity index (χ2v) is 6.44. The summed E-state index contributed by atoms with van der Waals surface area (Å²) in [6.45, 7) is 12.6. The van der Waals surface area contributed by atoms with E-state index in [2.05, 4.69) is 45.3 Å². The monoisotopic (exact) mass is 240 g/mol. The lowest BCUT2D eigenvalue weighted by atomic mass is 9.81. The molecular weight excluding hydrogens is 212 g/mol. The van der Waals surface area contributed by atoms with E-state index in [4.69, 9.17) is 0 Å². The number of hydrogen-bond donors (Lipinski definition) is 2. The lowest BCUT2D eigenvalue weighted by molar-refractivity contribution is -0.126. The van der Waals surface area contributed by atoms with Gasteiger partial charge in [-0.2, -0.15) is 0 Å². The lowest BCUT2D eigenvalue weighted by Gasteiger charge is -2.31. The van der Waals surface area contributed by atoms with Crippen molar-refractivity contribution >= 4 is 5.91 Å². The van der Waals surface area contributed by atoms with E-state index in [-0.39, 0.29) is 17.2 Å². The summed E-state index contributed by atoms with van der Waals surface area (Å²) in [7, 11) is 0. The Balaban J connectivity index is 2.35. The van der Waals surface area contributed by atoms with Crippen molar-refractivity contribution in [1.82, 2.24) is 10.6 Å². The Hall–Kier alpha value is -0.570. The van der Waals surface area contributed by atoms with E-state index in [1.54, 1.807) is 0 Å². The van der Waals surface area contributed by atoms with Crippen LogP contribution in [0.2, 0.25) is 0 Å². The Bertz CT molecular complexity index is 253. The summed E-state index contributed by atoms with van der Waals surface area (Å²) < 4.78 is 0. The van der Waals surface area contributed by atoms with Crippen LogP contribution in [0.4, 0.5) is 0 Å². The van der Waals surface area contributed by atoms with Crippen LogP contribution in [-0.2, 0) is 4.79 Å². The van der Waals surface area contributed by atoms with Crippen LogP contribution in [-0.4, -0.2) is 25.0 Å². The highest BCUT2D eigenvalue weighted by molar-refractivity contribution is 5.79. The van der Waals surface area contributed by atoms with E-state index >= 15 is 0 Å². The first-order valence-corrected chi connectivity index (χ1v) is 6.84. The average Bonchev–Trinajstić information content (AvgIpc) is 2.27. The fourth-order valence-corrected chi connectivity index (χ4v) is 1.89. The maximum atomic E-state index is 12.0. The van der Waals surface area contributed by atoms with Gasteiger partial charge < -0.3 is 10.6 Å². The smallest absolute Gasteiger partial charge is 0.224 e. The van der Waals surface area contributed by atoms with Crippen LogP contribution in [0.15, 0.2) is 0 Å². The van der Waals surface area contributed by atoms with E-state index < -0.39 is 0 Å². The number of rotatable bonds is 4. The van der Waals surface area contributed by atoms with Gasteiger partial charge in [-0.15, -0.1) is 0 Å². The van der Waals surface area contributed by atoms with Gasteiger partial charge in [-0.25, -0.2) is 0 Å². The van der Waals surface area contributed by atoms with Crippen molar-refractivity contribution in [3.63, 3.8) is 0 Å². The van der Waals surface area contributed by atoms with Crippen molar-refractivity contribution in [1.29, 1.82) is 0 Å². The highest BCUT2D eigenvalue weighted by Crippen LogP contribution is 2.25. The van der Waals surface area contributed by atoms with Crippen LogP contribution in [0, 0.1) is 17.3 Å². The molecule has 0 aromatic carbocycles. The van der Waals surface area contributed by atoms with E-state index in [0.717, 1.165) is 25.9 Å². The second-order valence-electron chi connectivity index (χ2n) is 6.44. The van der Waals surface area contributed by atoms with Crippen LogP contribution >= 0.6 is 0 Å². The van der Waals surface area contributed by atoms with Crippen molar-refractivity contribution in [3.8, 4) is 0 Å². The van der Waals surface area contributed by atoms with Crippen LogP contribution in [0.25, 0.3) is 0 Å². The average molecular weight is 240 g/mol. The number of carbonyl (C=O) groups is 1. The Morgan fingerprint density at radius 1 is 1.41 bits per heavy atom. The molecule has 100 valence electrons. The summed E-state index contributed by atoms with van der Waals surface area (Å²) in [4.78, 5) is 12.0. The summed E-state index contributed by atoms with van der Waals surface area (Å²) in [6.07, 6.45) is 2.12. The zero-order chi connectivity index (χ0) is 13.1. The molecule has 0 bridgehead atoms. The van der Waals surface area contributed by atoms with Crippen LogP contribution in [0.1, 0.15) is 47.5 Å². The molecule has 1 fully saturated rings. The third-order valence-corrected chi connectivity index (χ3v) is 4.31. The molecule has 1 aliphatic rings. The van der Waals surface area contributed by atoms with Gasteiger partial charge in [-0.05, 0) is 31.1 Å². The zero-order valence-electron chi connectivity index (χ0n) is 12.0. The minimum Gasteiger partial charge on any atom is -0.355 e. The van der Waals surface area contributed by atoms with Crippen molar-refractivity contribution in [2.24, 2.45) is 17.3 Å². The SMILES string of the molecule is CC1CCC(C(=O)NCC(C)(C)C(C)C)CN1. The molecule has 1 heterocycles. The number of carbonyl (C=O) groups excluding carboxylic acids is 1. The predicted octanol–water partition coefficient (Wildman–Crippen LogP) is 2.17. The molecule has 0 saturated carbocycles. The molecular formula is C14H28N2O. The quantitative estimate of drug-likeness (QED) is 0.791. The molecule has 0 aromatic heterocycles. The molecule has 1 aliphatic heterocycles. The van der Waals surface area contributed by atoms with Crippen LogP contribution in [0.5, 0.6) is 0 Å². The molecule has 1 saturated heterocycles. The predicted molar refractivity (Wildman–Crippen MR) is 71.8 cm³/mol. The number of amides is 1. The normalized spacial score (nSPS) is 26.0. The standard InChI is InChI=1S/C14H28N2O/c1-10(2)14(4,5)9-16-13(17)12-7-6-11(3)15-8-12/h10-12,15H,6-9H2,1-5H3,(H,16,17). The van der Waals surface area contributed by atoms with Gasteiger partial charge in [0.2, 0.25) is 5.91 Å². The van der Waals surface area contributed by atoms with Crippen molar-refractivity contribution in [3.05, 3.63) is 0 Å². The molecule has 0 radical (unpaired) electrons. The highest BCUT2D eigenvalue weighted by atomic mass is 16.1. The minimum atomic E-state index is 0.161. The molecule has 17 heavy (non-hydrogen) atoms. The van der Waals surface area contributed by atoms with Crippen molar-refractivity contribution < 1.29 is 4.79 Å². The molecule has 3 nitrogen and oxygen atoms in total. The van der Waals surface area contributed by atoms with Crippen LogP contribution < -0.4 is 10.6 Å². The lowest BCUT2D eigenvalue weighted by Crippen LogP contribution is -2.46. The molecule has 0 aliphatic carbocycles. The van der Waals surface area contributed by atoms with Gasteiger partial charge in [-0.3, -0.25) is 4.79 Å². The third kappa shape index (κ3) is 4.30. The molecule has 3 heteroatoms. The van der Waals surface area contributed by atoms with Gasteiger partial charge in [0.25, 0.3) is 0 Å². The molecule has 0 aromatic rings. The third-order valence-electron chi connectivity index (χ3n) is 4.31. The molecule has 2 atom stereocenters. The first-order chi connectivity index (χ1) is 7.83. The number of hydrogen-bond acceptors (Lipinski definition) is 2. The molecule has 1 rings (SSSR count). The minimum absolute atomic E-state index is 0.161. The maximum Gasteiger partial charge on any atom is 0.224 e. The van der Waals surface area contributed by atoms with Gasteiger partial charge >= 0.3 is 0 Å². The van der Waals surface area contributed by atoms with Gasteiger partial charge in [-0.1, -0.05) is 27.7 Å². The van der Waals surface area contributed by atoms with Crippen molar-refractivity contribution in [2.45, 2.75) is 53.5 Å². The first-order valence-electron chi connectivity index (χ1n) is 6.84. The van der Waals surface area contributed by atoms with E-state index in [1.807, 2.05) is 0 Å². The summed E-state index contributed by atoms with van der Waals surface area (Å²) in [6, 6.07) is 0.561. The number of nitrogens with one attached hydrogen (secondary N) is 2. The Labute approximate surface area is 106 Å². The van der Waals surface area contributed by atoms with E-state index in [9.17, 15) is 4.79 Å². The maximum absolute atomic E-state index is 12.0. The Kier molecular flexibility index (Phi) is 4.99. The van der Waals surface area contributed by atoms with Gasteiger partial charge in [0.05, 0.1) is 5.92 Å². The molecule has 2 unspecified atom stereocenters. The van der Waals surface area contributed by atoms with E-state index in [0.29, 0.717) is 12.0 Å². The molecule has 0 spiro atoms. The largest absolute Gasteiger partial charge is 0.355 e. The first kappa shape index (κ1) is 14.5. The second kappa shape index (κ2) is 5.85. The fraction of sp³-hybridized carbons (Fsp3) is 0.929. The van der Waals surface area contributed by atoms with Gasteiger partial charge in [0, 0.05) is 19.1 Å². The molecule has 2 N–H and O–H groups in total. The summed E-state index contributed by atoms with van der Waals surface area (Å²) >= 11 is 0. The summed E-state index contributed by atoms with van der Waals surface area (Å²) in [5, 5.41) is 6.48. The number of piperidine rings is 1. The Morgan fingerprint density at radius 3 is 2.53 bits per heavy atom. The highest BCUT2D eigenvalue weighted by Gasteiger charge is 2.27. The molecule has 1 amide bonds. The van der Waals surface area contributed by atoms with E-state index in [1.165, 1.54) is 0 Å². The summed E-state index contributed by atoms with van der Waals surface area (Å²) in [5.41, 5.74) is 0.172. The zero-order valence-corrected chi connectivity index (χ0v) is 12.0. The fourth-order valence-electron chi connectivity index (χ4n) is 1.89. The van der Waals surface area contributed by atoms with Crippen molar-refractivity contribution in [2.75, 3.05) is 13.1 Å².